The summed E-state index contributed by atoms with van der Waals surface area (Å²) in [5.74, 6) is -1.83. The number of rotatable bonds is 4. The van der Waals surface area contributed by atoms with Crippen molar-refractivity contribution >= 4 is 29.3 Å². The number of halogens is 5. The maximum Gasteiger partial charge on any atom is 0.399 e. The third kappa shape index (κ3) is 4.26. The molecule has 26 heavy (non-hydrogen) atoms. The van der Waals surface area contributed by atoms with Crippen LogP contribution in [-0.2, 0) is 0 Å². The summed E-state index contributed by atoms with van der Waals surface area (Å²) in [6.07, 6.45) is 0.951. The van der Waals surface area contributed by atoms with Crippen LogP contribution in [-0.4, -0.2) is 20.9 Å². The number of hydrogen-bond acceptors (Lipinski definition) is 2. The molecule has 0 N–H and O–H groups in total. The molecule has 1 heterocycles. The Morgan fingerprint density at radius 3 is 2.35 bits per heavy atom. The third-order valence-corrected chi connectivity index (χ3v) is 4.27. The van der Waals surface area contributed by atoms with Gasteiger partial charge in [-0.2, -0.15) is 18.3 Å². The molecular weight excluding hydrogens is 386 g/mol. The molecular formula is C18H12Cl2F3N3. The zero-order valence-corrected chi connectivity index (χ0v) is 14.7. The van der Waals surface area contributed by atoms with E-state index in [0.29, 0.717) is 5.56 Å². The van der Waals surface area contributed by atoms with Gasteiger partial charge in [-0.05, 0) is 35.4 Å². The summed E-state index contributed by atoms with van der Waals surface area (Å²) < 4.78 is 42.0. The summed E-state index contributed by atoms with van der Waals surface area (Å²) in [4.78, 5) is 3.85. The van der Waals surface area contributed by atoms with Gasteiger partial charge in [0.15, 0.2) is 0 Å². The van der Waals surface area contributed by atoms with Crippen molar-refractivity contribution in [3.05, 3.63) is 82.4 Å². The van der Waals surface area contributed by atoms with Crippen LogP contribution in [0.2, 0.25) is 10.0 Å². The Kier molecular flexibility index (Phi) is 5.34. The quantitative estimate of drug-likeness (QED) is 0.545. The number of aromatic nitrogens is 3. The minimum atomic E-state index is -4.48. The Hall–Kier alpha value is -2.31. The first-order valence-corrected chi connectivity index (χ1v) is 8.25. The van der Waals surface area contributed by atoms with E-state index in [1.165, 1.54) is 36.9 Å². The molecule has 1 unspecified atom stereocenters. The zero-order chi connectivity index (χ0) is 18.7. The maximum absolute atomic E-state index is 13.5. The molecule has 0 aliphatic rings. The predicted octanol–water partition coefficient (Wildman–Crippen LogP) is 5.93. The van der Waals surface area contributed by atoms with Gasteiger partial charge in [0.05, 0.1) is 11.6 Å². The monoisotopic (exact) mass is 397 g/mol. The molecule has 0 spiro atoms. The zero-order valence-electron chi connectivity index (χ0n) is 13.2. The molecule has 0 bridgehead atoms. The average Bonchev–Trinajstić information content (AvgIpc) is 3.11. The van der Waals surface area contributed by atoms with Gasteiger partial charge in [0.2, 0.25) is 0 Å². The fourth-order valence-electron chi connectivity index (χ4n) is 2.43. The number of hydrogen-bond donors (Lipinski definition) is 0. The van der Waals surface area contributed by atoms with Gasteiger partial charge in [0.25, 0.3) is 0 Å². The lowest BCUT2D eigenvalue weighted by molar-refractivity contribution is -0.139. The van der Waals surface area contributed by atoms with Crippen LogP contribution in [0, 0.1) is 0 Å². The van der Waals surface area contributed by atoms with Crippen molar-refractivity contribution in [2.24, 2.45) is 0 Å². The molecule has 1 atom stereocenters. The molecule has 1 aromatic heterocycles. The van der Waals surface area contributed by atoms with Crippen molar-refractivity contribution in [1.82, 2.24) is 14.8 Å². The summed E-state index contributed by atoms with van der Waals surface area (Å²) in [6, 6.07) is 10.9. The van der Waals surface area contributed by atoms with E-state index in [0.717, 1.165) is 11.8 Å². The largest absolute Gasteiger partial charge is 0.399 e. The van der Waals surface area contributed by atoms with E-state index in [4.69, 9.17) is 23.2 Å². The highest BCUT2D eigenvalue weighted by Gasteiger charge is 2.39. The molecule has 2 aromatic carbocycles. The molecule has 0 aliphatic carbocycles. The highest BCUT2D eigenvalue weighted by molar-refractivity contribution is 6.35. The fourth-order valence-corrected chi connectivity index (χ4v) is 2.96. The highest BCUT2D eigenvalue weighted by atomic mass is 35.5. The smallest absolute Gasteiger partial charge is 0.223 e. The molecule has 0 saturated carbocycles. The topological polar surface area (TPSA) is 30.7 Å². The Bertz CT molecular complexity index is 904. The minimum absolute atomic E-state index is 0.0222. The van der Waals surface area contributed by atoms with Gasteiger partial charge in [0.1, 0.15) is 12.7 Å². The lowest BCUT2D eigenvalue weighted by atomic mass is 9.97. The number of alkyl halides is 3. The summed E-state index contributed by atoms with van der Waals surface area (Å²) in [6.45, 7) is 0. The normalized spacial score (nSPS) is 13.3. The summed E-state index contributed by atoms with van der Waals surface area (Å²) in [5.41, 5.74) is 1.33. The molecule has 0 saturated heterocycles. The number of allylic oxidation sites excluding steroid dienone is 1. The van der Waals surface area contributed by atoms with E-state index in [1.54, 1.807) is 28.9 Å². The van der Waals surface area contributed by atoms with Crippen molar-refractivity contribution < 1.29 is 13.2 Å². The van der Waals surface area contributed by atoms with Gasteiger partial charge >= 0.3 is 6.18 Å². The van der Waals surface area contributed by atoms with Crippen molar-refractivity contribution in [2.75, 3.05) is 0 Å². The van der Waals surface area contributed by atoms with Gasteiger partial charge < -0.3 is 0 Å². The third-order valence-electron chi connectivity index (χ3n) is 3.71. The second-order valence-electron chi connectivity index (χ2n) is 5.48. The first-order chi connectivity index (χ1) is 12.3. The minimum Gasteiger partial charge on any atom is -0.223 e. The van der Waals surface area contributed by atoms with Crippen molar-refractivity contribution in [3.8, 4) is 5.69 Å². The van der Waals surface area contributed by atoms with Crippen molar-refractivity contribution in [3.63, 3.8) is 0 Å². The molecule has 8 heteroatoms. The van der Waals surface area contributed by atoms with Crippen molar-refractivity contribution in [1.29, 1.82) is 0 Å². The van der Waals surface area contributed by atoms with Crippen LogP contribution in [0.3, 0.4) is 0 Å². The van der Waals surface area contributed by atoms with Gasteiger partial charge in [-0.15, -0.1) is 0 Å². The lowest BCUT2D eigenvalue weighted by Crippen LogP contribution is -2.19. The Morgan fingerprint density at radius 2 is 1.77 bits per heavy atom. The van der Waals surface area contributed by atoms with Crippen LogP contribution >= 0.6 is 23.2 Å². The van der Waals surface area contributed by atoms with E-state index in [-0.39, 0.29) is 15.6 Å². The molecule has 134 valence electrons. The summed E-state index contributed by atoms with van der Waals surface area (Å²) in [7, 11) is 0. The molecule has 0 amide bonds. The van der Waals surface area contributed by atoms with Crippen LogP contribution in [0.25, 0.3) is 11.8 Å². The Labute approximate surface area is 157 Å². The van der Waals surface area contributed by atoms with Gasteiger partial charge in [-0.25, -0.2) is 9.67 Å². The highest BCUT2D eigenvalue weighted by Crippen LogP contribution is 2.40. The summed E-state index contributed by atoms with van der Waals surface area (Å²) >= 11 is 11.7. The SMILES string of the molecule is FC(F)(F)C(C=Cc1ccc(-n2cncn2)cc1)c1ccc(Cl)cc1Cl. The van der Waals surface area contributed by atoms with Crippen LogP contribution in [0.5, 0.6) is 0 Å². The van der Waals surface area contributed by atoms with E-state index in [1.807, 2.05) is 0 Å². The van der Waals surface area contributed by atoms with E-state index in [9.17, 15) is 13.2 Å². The van der Waals surface area contributed by atoms with Gasteiger partial charge in [0, 0.05) is 10.0 Å². The number of nitrogens with zero attached hydrogens (tertiary/aromatic N) is 3. The molecule has 3 nitrogen and oxygen atoms in total. The Balaban J connectivity index is 1.87. The van der Waals surface area contributed by atoms with Crippen LogP contribution in [0.15, 0.2) is 61.2 Å². The van der Waals surface area contributed by atoms with Crippen molar-refractivity contribution in [2.45, 2.75) is 12.1 Å². The summed E-state index contributed by atoms with van der Waals surface area (Å²) in [5, 5.41) is 4.25. The molecule has 3 rings (SSSR count). The van der Waals surface area contributed by atoms with E-state index < -0.39 is 12.1 Å². The van der Waals surface area contributed by atoms with Crippen LogP contribution < -0.4 is 0 Å². The Morgan fingerprint density at radius 1 is 1.04 bits per heavy atom. The maximum atomic E-state index is 13.5. The van der Waals surface area contributed by atoms with Crippen LogP contribution in [0.4, 0.5) is 13.2 Å². The fraction of sp³-hybridized carbons (Fsp3) is 0.111. The second-order valence-corrected chi connectivity index (χ2v) is 6.32. The first-order valence-electron chi connectivity index (χ1n) is 7.49. The van der Waals surface area contributed by atoms with Gasteiger partial charge in [-0.3, -0.25) is 0 Å². The van der Waals surface area contributed by atoms with Crippen LogP contribution in [0.1, 0.15) is 17.0 Å². The molecule has 0 radical (unpaired) electrons. The second kappa shape index (κ2) is 7.51. The molecule has 3 aromatic rings. The number of benzene rings is 2. The molecule has 0 aliphatic heterocycles. The first kappa shape index (κ1) is 18.5. The average molecular weight is 398 g/mol. The standard InChI is InChI=1S/C18H12Cl2F3N3/c19-13-4-7-15(17(20)9-13)16(18(21,22)23)8-3-12-1-5-14(6-2-12)26-11-24-10-25-26/h1-11,16H. The molecule has 0 fully saturated rings. The predicted molar refractivity (Wildman–Crippen MR) is 95.7 cm³/mol. The lowest BCUT2D eigenvalue weighted by Gasteiger charge is -2.18. The van der Waals surface area contributed by atoms with Gasteiger partial charge in [-0.1, -0.05) is 53.6 Å². The van der Waals surface area contributed by atoms with E-state index in [2.05, 4.69) is 10.1 Å². The van der Waals surface area contributed by atoms with E-state index >= 15 is 0 Å².